The van der Waals surface area contributed by atoms with Crippen molar-refractivity contribution in [1.29, 1.82) is 0 Å². The summed E-state index contributed by atoms with van der Waals surface area (Å²) in [5.41, 5.74) is 4.45. The first kappa shape index (κ1) is 19.6. The number of hydrogen-bond acceptors (Lipinski definition) is 3. The average Bonchev–Trinajstić information content (AvgIpc) is 3.36. The lowest BCUT2D eigenvalue weighted by atomic mass is 9.99. The number of allylic oxidation sites excluding steroid dienone is 1. The van der Waals surface area contributed by atoms with E-state index in [0.717, 1.165) is 46.1 Å². The van der Waals surface area contributed by atoms with Gasteiger partial charge in [-0.1, -0.05) is 36.6 Å². The second-order valence-electron chi connectivity index (χ2n) is 7.52. The lowest BCUT2D eigenvalue weighted by Crippen LogP contribution is -2.31. The molecule has 0 aliphatic heterocycles. The number of furan rings is 1. The van der Waals surface area contributed by atoms with Crippen LogP contribution in [-0.2, 0) is 4.79 Å². The molecule has 1 aliphatic rings. The maximum atomic E-state index is 12.5. The van der Waals surface area contributed by atoms with Crippen LogP contribution in [0.4, 0.5) is 0 Å². The van der Waals surface area contributed by atoms with Gasteiger partial charge in [-0.25, -0.2) is 0 Å². The van der Waals surface area contributed by atoms with E-state index in [2.05, 4.69) is 5.32 Å². The zero-order valence-corrected chi connectivity index (χ0v) is 17.4. The van der Waals surface area contributed by atoms with Crippen LogP contribution in [0.3, 0.4) is 0 Å². The number of fused-ring (bicyclic) bond motifs is 1. The highest BCUT2D eigenvalue weighted by Crippen LogP contribution is 2.37. The minimum absolute atomic E-state index is 0.0540. The number of nitrogens with one attached hydrogen (secondary N) is 1. The van der Waals surface area contributed by atoms with Crippen molar-refractivity contribution < 1.29 is 13.9 Å². The zero-order chi connectivity index (χ0) is 20.4. The molecule has 1 saturated carbocycles. The summed E-state index contributed by atoms with van der Waals surface area (Å²) in [7, 11) is 1.62. The van der Waals surface area contributed by atoms with Gasteiger partial charge in [0.05, 0.1) is 13.4 Å². The van der Waals surface area contributed by atoms with Crippen LogP contribution in [0, 0.1) is 0 Å². The van der Waals surface area contributed by atoms with Crippen molar-refractivity contribution in [1.82, 2.24) is 5.32 Å². The van der Waals surface area contributed by atoms with Crippen LogP contribution >= 0.6 is 11.6 Å². The summed E-state index contributed by atoms with van der Waals surface area (Å²) in [4.78, 5) is 12.5. The van der Waals surface area contributed by atoms with Crippen molar-refractivity contribution >= 4 is 34.1 Å². The van der Waals surface area contributed by atoms with Crippen LogP contribution in [0.5, 0.6) is 5.75 Å². The van der Waals surface area contributed by atoms with E-state index >= 15 is 0 Å². The van der Waals surface area contributed by atoms with Gasteiger partial charge in [-0.05, 0) is 49.1 Å². The van der Waals surface area contributed by atoms with Gasteiger partial charge in [0.25, 0.3) is 0 Å². The van der Waals surface area contributed by atoms with Crippen molar-refractivity contribution in [2.45, 2.75) is 38.6 Å². The first-order valence-corrected chi connectivity index (χ1v) is 10.3. The van der Waals surface area contributed by atoms with Crippen molar-refractivity contribution in [2.24, 2.45) is 0 Å². The third-order valence-corrected chi connectivity index (χ3v) is 5.78. The Kier molecular flexibility index (Phi) is 5.63. The van der Waals surface area contributed by atoms with Gasteiger partial charge in [0.15, 0.2) is 0 Å². The molecule has 0 spiro atoms. The Balaban J connectivity index is 1.70. The summed E-state index contributed by atoms with van der Waals surface area (Å²) >= 11 is 6.02. The number of carbonyl (C=O) groups is 1. The molecule has 4 nitrogen and oxygen atoms in total. The number of ether oxygens (including phenoxy) is 1. The molecule has 1 amide bonds. The summed E-state index contributed by atoms with van der Waals surface area (Å²) in [6.45, 7) is 1.93. The van der Waals surface area contributed by atoms with Gasteiger partial charge in [-0.3, -0.25) is 4.79 Å². The molecular formula is C24H24ClNO3. The van der Waals surface area contributed by atoms with Gasteiger partial charge in [-0.15, -0.1) is 0 Å². The molecule has 1 heterocycles. The largest absolute Gasteiger partial charge is 0.496 e. The number of amides is 1. The summed E-state index contributed by atoms with van der Waals surface area (Å²) in [5.74, 6) is 0.624. The molecule has 2 aromatic carbocycles. The zero-order valence-electron chi connectivity index (χ0n) is 16.6. The van der Waals surface area contributed by atoms with Gasteiger partial charge in [0, 0.05) is 39.7 Å². The summed E-state index contributed by atoms with van der Waals surface area (Å²) in [5, 5.41) is 4.76. The first-order valence-electron chi connectivity index (χ1n) is 9.89. The molecule has 0 unspecified atom stereocenters. The van der Waals surface area contributed by atoms with Crippen molar-refractivity contribution in [3.63, 3.8) is 0 Å². The van der Waals surface area contributed by atoms with E-state index in [4.69, 9.17) is 20.8 Å². The lowest BCUT2D eigenvalue weighted by Gasteiger charge is -2.12. The van der Waals surface area contributed by atoms with E-state index in [9.17, 15) is 4.79 Å². The Morgan fingerprint density at radius 2 is 1.93 bits per heavy atom. The fourth-order valence-electron chi connectivity index (χ4n) is 3.97. The van der Waals surface area contributed by atoms with E-state index in [1.165, 1.54) is 12.8 Å². The van der Waals surface area contributed by atoms with Crippen molar-refractivity contribution in [3.8, 4) is 16.9 Å². The molecule has 29 heavy (non-hydrogen) atoms. The highest BCUT2D eigenvalue weighted by atomic mass is 35.5. The minimum atomic E-state index is -0.0540. The predicted octanol–water partition coefficient (Wildman–Crippen LogP) is 6.22. The molecule has 150 valence electrons. The van der Waals surface area contributed by atoms with Crippen molar-refractivity contribution in [3.05, 3.63) is 59.3 Å². The molecule has 4 rings (SSSR count). The molecule has 0 saturated heterocycles. The van der Waals surface area contributed by atoms with Gasteiger partial charge in [0.1, 0.15) is 11.3 Å². The third kappa shape index (κ3) is 4.18. The number of benzene rings is 2. The second-order valence-corrected chi connectivity index (χ2v) is 7.96. The smallest absolute Gasteiger partial charge is 0.244 e. The first-order chi connectivity index (χ1) is 14.0. The Hall–Kier alpha value is -2.72. The highest BCUT2D eigenvalue weighted by Gasteiger charge is 2.18. The fraction of sp³-hybridized carbons (Fsp3) is 0.292. The Bertz CT molecular complexity index is 1060. The van der Waals surface area contributed by atoms with Gasteiger partial charge < -0.3 is 14.5 Å². The van der Waals surface area contributed by atoms with Crippen LogP contribution in [0.15, 0.2) is 53.2 Å². The minimum Gasteiger partial charge on any atom is -0.496 e. The molecule has 1 fully saturated rings. The van der Waals surface area contributed by atoms with Crippen LogP contribution in [0.1, 0.15) is 38.2 Å². The lowest BCUT2D eigenvalue weighted by molar-refractivity contribution is -0.117. The fourth-order valence-corrected chi connectivity index (χ4v) is 4.10. The molecule has 1 aliphatic carbocycles. The van der Waals surface area contributed by atoms with Crippen LogP contribution in [0.2, 0.25) is 5.02 Å². The molecule has 1 N–H and O–H groups in total. The Labute approximate surface area is 175 Å². The van der Waals surface area contributed by atoms with Crippen LogP contribution in [0.25, 0.3) is 27.7 Å². The molecule has 1 aromatic heterocycles. The maximum absolute atomic E-state index is 12.5. The molecule has 0 radical (unpaired) electrons. The molecule has 0 atom stereocenters. The predicted molar refractivity (Wildman–Crippen MR) is 117 cm³/mol. The summed E-state index contributed by atoms with van der Waals surface area (Å²) in [6, 6.07) is 11.8. The molecule has 3 aromatic rings. The van der Waals surface area contributed by atoms with Crippen LogP contribution in [-0.4, -0.2) is 19.1 Å². The monoisotopic (exact) mass is 409 g/mol. The highest BCUT2D eigenvalue weighted by molar-refractivity contribution is 6.30. The number of methoxy groups -OCH3 is 1. The number of rotatable bonds is 5. The Morgan fingerprint density at radius 3 is 2.62 bits per heavy atom. The normalized spacial score (nSPS) is 15.1. The van der Waals surface area contributed by atoms with Crippen molar-refractivity contribution in [2.75, 3.05) is 7.11 Å². The SMILES string of the molecule is COc1cc2occ(-c3ccc(Cl)cc3)c2cc1/C(C)=C/C(=O)NC1CCCC1. The van der Waals surface area contributed by atoms with Gasteiger partial charge in [0.2, 0.25) is 5.91 Å². The number of carbonyl (C=O) groups excluding carboxylic acids is 1. The van der Waals surface area contributed by atoms with Crippen LogP contribution < -0.4 is 10.1 Å². The van der Waals surface area contributed by atoms with E-state index in [1.807, 2.05) is 43.3 Å². The van der Waals surface area contributed by atoms with E-state index < -0.39 is 0 Å². The molecule has 0 bridgehead atoms. The average molecular weight is 410 g/mol. The summed E-state index contributed by atoms with van der Waals surface area (Å²) < 4.78 is 11.3. The van der Waals surface area contributed by atoms with E-state index in [-0.39, 0.29) is 5.91 Å². The van der Waals surface area contributed by atoms with Gasteiger partial charge in [-0.2, -0.15) is 0 Å². The topological polar surface area (TPSA) is 51.5 Å². The quantitative estimate of drug-likeness (QED) is 0.508. The maximum Gasteiger partial charge on any atom is 0.244 e. The number of hydrogen-bond donors (Lipinski definition) is 1. The molecular weight excluding hydrogens is 386 g/mol. The number of halogens is 1. The summed E-state index contributed by atoms with van der Waals surface area (Å²) in [6.07, 6.45) is 7.89. The Morgan fingerprint density at radius 1 is 1.21 bits per heavy atom. The van der Waals surface area contributed by atoms with E-state index in [1.54, 1.807) is 19.4 Å². The van der Waals surface area contributed by atoms with E-state index in [0.29, 0.717) is 16.8 Å². The standard InChI is InChI=1S/C24H24ClNO3/c1-15(11-24(27)26-18-5-3-4-6-18)19-12-20-21(16-7-9-17(25)10-8-16)14-29-23(20)13-22(19)28-2/h7-14,18H,3-6H2,1-2H3,(H,26,27)/b15-11+. The molecule has 5 heteroatoms. The third-order valence-electron chi connectivity index (χ3n) is 5.52. The van der Waals surface area contributed by atoms with Gasteiger partial charge >= 0.3 is 0 Å². The second kappa shape index (κ2) is 8.34.